The van der Waals surface area contributed by atoms with Gasteiger partial charge in [0, 0.05) is 31.5 Å². The Balaban J connectivity index is 1.70. The molecule has 5 nitrogen and oxygen atoms in total. The lowest BCUT2D eigenvalue weighted by atomic mass is 10.1. The van der Waals surface area contributed by atoms with Crippen molar-refractivity contribution in [3.63, 3.8) is 0 Å². The van der Waals surface area contributed by atoms with Gasteiger partial charge in [-0.3, -0.25) is 4.79 Å². The molecule has 0 aliphatic carbocycles. The number of ether oxygens (including phenoxy) is 1. The molecule has 0 radical (unpaired) electrons. The third-order valence-corrected chi connectivity index (χ3v) is 3.80. The number of carbonyl (C=O) groups is 1. The molecule has 0 aliphatic rings. The number of benzene rings is 3. The molecular formula is C21H20N2O3. The number of phenols is 1. The zero-order valence-corrected chi connectivity index (χ0v) is 14.6. The first-order valence-corrected chi connectivity index (χ1v) is 8.17. The summed E-state index contributed by atoms with van der Waals surface area (Å²) in [4.78, 5) is 14.5. The van der Waals surface area contributed by atoms with Crippen LogP contribution in [0.1, 0.15) is 10.4 Å². The monoisotopic (exact) mass is 348 g/mol. The van der Waals surface area contributed by atoms with Crippen molar-refractivity contribution in [3.05, 3.63) is 78.4 Å². The fourth-order valence-corrected chi connectivity index (χ4v) is 2.54. The summed E-state index contributed by atoms with van der Waals surface area (Å²) in [6.45, 7) is 0. The number of hydrogen-bond donors (Lipinski definition) is 2. The van der Waals surface area contributed by atoms with Gasteiger partial charge in [0.05, 0.1) is 5.56 Å². The van der Waals surface area contributed by atoms with Gasteiger partial charge in [0.15, 0.2) is 0 Å². The molecule has 132 valence electrons. The van der Waals surface area contributed by atoms with Crippen LogP contribution in [-0.2, 0) is 0 Å². The van der Waals surface area contributed by atoms with Crippen LogP contribution in [0.4, 0.5) is 11.4 Å². The molecule has 3 rings (SSSR count). The quantitative estimate of drug-likeness (QED) is 0.712. The normalized spacial score (nSPS) is 10.2. The Morgan fingerprint density at radius 3 is 2.35 bits per heavy atom. The molecule has 0 heterocycles. The fraction of sp³-hybridized carbons (Fsp3) is 0.0952. The second-order valence-corrected chi connectivity index (χ2v) is 5.99. The molecule has 0 aliphatic heterocycles. The number of hydrogen-bond acceptors (Lipinski definition) is 4. The first kappa shape index (κ1) is 17.4. The summed E-state index contributed by atoms with van der Waals surface area (Å²) in [5.41, 5.74) is 2.14. The number of para-hydroxylation sites is 1. The third kappa shape index (κ3) is 4.13. The lowest BCUT2D eigenvalue weighted by Crippen LogP contribution is -2.18. The second-order valence-electron chi connectivity index (χ2n) is 5.99. The van der Waals surface area contributed by atoms with Gasteiger partial charge in [-0.2, -0.15) is 0 Å². The molecule has 0 fully saturated rings. The minimum Gasteiger partial charge on any atom is -0.508 e. The van der Waals surface area contributed by atoms with Crippen molar-refractivity contribution in [1.82, 2.24) is 0 Å². The number of carbonyl (C=O) groups excluding carboxylic acids is 1. The van der Waals surface area contributed by atoms with Crippen LogP contribution in [0.25, 0.3) is 0 Å². The van der Waals surface area contributed by atoms with E-state index in [2.05, 4.69) is 5.32 Å². The van der Waals surface area contributed by atoms with E-state index in [1.54, 1.807) is 48.5 Å². The molecule has 0 atom stereocenters. The Morgan fingerprint density at radius 2 is 1.65 bits per heavy atom. The average molecular weight is 348 g/mol. The summed E-state index contributed by atoms with van der Waals surface area (Å²) in [7, 11) is 3.80. The highest BCUT2D eigenvalue weighted by atomic mass is 16.5. The number of amides is 1. The molecule has 0 unspecified atom stereocenters. The largest absolute Gasteiger partial charge is 0.508 e. The number of phenolic OH excluding ortho intramolecular Hbond substituents is 1. The Bertz CT molecular complexity index is 905. The summed E-state index contributed by atoms with van der Waals surface area (Å²) in [6, 6.07) is 21.1. The van der Waals surface area contributed by atoms with E-state index in [9.17, 15) is 9.90 Å². The van der Waals surface area contributed by atoms with Gasteiger partial charge in [0.2, 0.25) is 0 Å². The standard InChI is InChI=1S/C21H20N2O3/c1-23(2)20-9-4-3-8-19(20)21(25)22-15-10-12-17(13-11-15)26-18-7-5-6-16(24)14-18/h3-14,24H,1-2H3,(H,22,25). The maximum atomic E-state index is 12.6. The van der Waals surface area contributed by atoms with Crippen molar-refractivity contribution in [2.24, 2.45) is 0 Å². The summed E-state index contributed by atoms with van der Waals surface area (Å²) < 4.78 is 5.67. The number of rotatable bonds is 5. The van der Waals surface area contributed by atoms with Crippen LogP contribution in [0, 0.1) is 0 Å². The van der Waals surface area contributed by atoms with Crippen molar-refractivity contribution in [2.45, 2.75) is 0 Å². The first-order valence-electron chi connectivity index (χ1n) is 8.17. The molecule has 5 heteroatoms. The maximum Gasteiger partial charge on any atom is 0.257 e. The van der Waals surface area contributed by atoms with E-state index in [-0.39, 0.29) is 11.7 Å². The second kappa shape index (κ2) is 7.61. The molecule has 3 aromatic rings. The molecule has 1 amide bonds. The van der Waals surface area contributed by atoms with Gasteiger partial charge >= 0.3 is 0 Å². The van der Waals surface area contributed by atoms with Crippen LogP contribution in [0.5, 0.6) is 17.2 Å². The predicted octanol–water partition coefficient (Wildman–Crippen LogP) is 4.50. The molecule has 0 bridgehead atoms. The highest BCUT2D eigenvalue weighted by molar-refractivity contribution is 6.08. The van der Waals surface area contributed by atoms with E-state index < -0.39 is 0 Å². The average Bonchev–Trinajstić information content (AvgIpc) is 2.63. The predicted molar refractivity (Wildman–Crippen MR) is 103 cm³/mol. The van der Waals surface area contributed by atoms with E-state index in [0.29, 0.717) is 22.7 Å². The Labute approximate surface area is 152 Å². The van der Waals surface area contributed by atoms with Crippen LogP contribution in [0.15, 0.2) is 72.8 Å². The van der Waals surface area contributed by atoms with Gasteiger partial charge in [0.25, 0.3) is 5.91 Å². The first-order chi connectivity index (χ1) is 12.5. The Kier molecular flexibility index (Phi) is 5.08. The highest BCUT2D eigenvalue weighted by Crippen LogP contribution is 2.26. The van der Waals surface area contributed by atoms with Crippen LogP contribution in [0.2, 0.25) is 0 Å². The summed E-state index contributed by atoms with van der Waals surface area (Å²) >= 11 is 0. The Morgan fingerprint density at radius 1 is 0.923 bits per heavy atom. The van der Waals surface area contributed by atoms with Crippen LogP contribution < -0.4 is 15.0 Å². The lowest BCUT2D eigenvalue weighted by molar-refractivity contribution is 0.102. The van der Waals surface area contributed by atoms with Gasteiger partial charge in [-0.1, -0.05) is 18.2 Å². The summed E-state index contributed by atoms with van der Waals surface area (Å²) in [5.74, 6) is 1.13. The highest BCUT2D eigenvalue weighted by Gasteiger charge is 2.12. The Hall–Kier alpha value is -3.47. The van der Waals surface area contributed by atoms with Crippen molar-refractivity contribution >= 4 is 17.3 Å². The number of nitrogens with one attached hydrogen (secondary N) is 1. The van der Waals surface area contributed by atoms with Gasteiger partial charge in [-0.25, -0.2) is 0 Å². The zero-order valence-electron chi connectivity index (χ0n) is 14.6. The topological polar surface area (TPSA) is 61.8 Å². The van der Waals surface area contributed by atoms with E-state index in [4.69, 9.17) is 4.74 Å². The maximum absolute atomic E-state index is 12.6. The molecule has 3 aromatic carbocycles. The van der Waals surface area contributed by atoms with E-state index in [0.717, 1.165) is 5.69 Å². The SMILES string of the molecule is CN(C)c1ccccc1C(=O)Nc1ccc(Oc2cccc(O)c2)cc1. The van der Waals surface area contributed by atoms with Crippen LogP contribution in [-0.4, -0.2) is 25.1 Å². The van der Waals surface area contributed by atoms with Crippen molar-refractivity contribution in [1.29, 1.82) is 0 Å². The van der Waals surface area contributed by atoms with E-state index >= 15 is 0 Å². The molecule has 0 aromatic heterocycles. The zero-order chi connectivity index (χ0) is 18.5. The van der Waals surface area contributed by atoms with Crippen LogP contribution >= 0.6 is 0 Å². The minimum absolute atomic E-state index is 0.144. The van der Waals surface area contributed by atoms with E-state index in [1.165, 1.54) is 6.07 Å². The summed E-state index contributed by atoms with van der Waals surface area (Å²) in [6.07, 6.45) is 0. The number of aromatic hydroxyl groups is 1. The number of nitrogens with zero attached hydrogens (tertiary/aromatic N) is 1. The molecule has 2 N–H and O–H groups in total. The lowest BCUT2D eigenvalue weighted by Gasteiger charge is -2.17. The van der Waals surface area contributed by atoms with Gasteiger partial charge in [-0.05, 0) is 48.5 Å². The third-order valence-electron chi connectivity index (χ3n) is 3.80. The molecule has 0 spiro atoms. The van der Waals surface area contributed by atoms with Crippen LogP contribution in [0.3, 0.4) is 0 Å². The molecular weight excluding hydrogens is 328 g/mol. The van der Waals surface area contributed by atoms with Gasteiger partial charge < -0.3 is 20.1 Å². The molecule has 26 heavy (non-hydrogen) atoms. The molecule has 0 saturated heterocycles. The van der Waals surface area contributed by atoms with E-state index in [1.807, 2.05) is 37.2 Å². The smallest absolute Gasteiger partial charge is 0.257 e. The van der Waals surface area contributed by atoms with Crippen molar-refractivity contribution < 1.29 is 14.6 Å². The van der Waals surface area contributed by atoms with Gasteiger partial charge in [-0.15, -0.1) is 0 Å². The minimum atomic E-state index is -0.170. The van der Waals surface area contributed by atoms with Crippen molar-refractivity contribution in [3.8, 4) is 17.2 Å². The molecule has 0 saturated carbocycles. The fourth-order valence-electron chi connectivity index (χ4n) is 2.54. The van der Waals surface area contributed by atoms with Gasteiger partial charge in [0.1, 0.15) is 17.2 Å². The summed E-state index contributed by atoms with van der Waals surface area (Å²) in [5, 5.41) is 12.4. The van der Waals surface area contributed by atoms with Crippen molar-refractivity contribution in [2.75, 3.05) is 24.3 Å². The number of anilines is 2.